The van der Waals surface area contributed by atoms with E-state index >= 15 is 0 Å². The topological polar surface area (TPSA) is 59.0 Å². The number of aromatic nitrogens is 2. The predicted octanol–water partition coefficient (Wildman–Crippen LogP) is 8.18. The van der Waals surface area contributed by atoms with E-state index < -0.39 is 0 Å². The van der Waals surface area contributed by atoms with Crippen LogP contribution in [0.15, 0.2) is 67.0 Å². The largest absolute Gasteiger partial charge is 0.335 e. The lowest BCUT2D eigenvalue weighted by atomic mass is 9.92. The second kappa shape index (κ2) is 10.6. The number of hydrogen-bond acceptors (Lipinski definition) is 2. The fourth-order valence-corrected chi connectivity index (χ4v) is 5.91. The van der Waals surface area contributed by atoms with Crippen LogP contribution in [0.25, 0.3) is 22.2 Å². The number of carbonyl (C=O) groups excluding carboxylic acids is 1. The first-order valence-electron chi connectivity index (χ1n) is 13.7. The molecule has 0 unspecified atom stereocenters. The van der Waals surface area contributed by atoms with Gasteiger partial charge in [0.1, 0.15) is 11.5 Å². The van der Waals surface area contributed by atoms with Gasteiger partial charge in [-0.15, -0.1) is 0 Å². The zero-order chi connectivity index (χ0) is 26.9. The molecule has 1 saturated carbocycles. The minimum Gasteiger partial charge on any atom is -0.335 e. The van der Waals surface area contributed by atoms with Gasteiger partial charge in [-0.1, -0.05) is 70.9 Å². The van der Waals surface area contributed by atoms with Gasteiger partial charge in [0.2, 0.25) is 0 Å². The first kappa shape index (κ1) is 26.0. The number of para-hydroxylation sites is 1. The van der Waals surface area contributed by atoms with Gasteiger partial charge in [-0.3, -0.25) is 0 Å². The van der Waals surface area contributed by atoms with Crippen LogP contribution < -0.4 is 10.6 Å². The molecule has 2 aromatic heterocycles. The molecule has 5 nitrogen and oxygen atoms in total. The molecular formula is C32H37FN4O. The number of carbonyl (C=O) groups is 1. The molecule has 0 radical (unpaired) electrons. The highest BCUT2D eigenvalue weighted by Gasteiger charge is 2.38. The monoisotopic (exact) mass is 512 g/mol. The van der Waals surface area contributed by atoms with Gasteiger partial charge in [-0.05, 0) is 65.6 Å². The van der Waals surface area contributed by atoms with Gasteiger partial charge in [0.25, 0.3) is 0 Å². The number of nitrogens with zero attached hydrogens (tertiary/aromatic N) is 2. The first-order valence-corrected chi connectivity index (χ1v) is 13.7. The number of hydrogen-bond donors (Lipinski definition) is 2. The van der Waals surface area contributed by atoms with Gasteiger partial charge >= 0.3 is 6.03 Å². The summed E-state index contributed by atoms with van der Waals surface area (Å²) in [5.41, 5.74) is 5.80. The van der Waals surface area contributed by atoms with Crippen LogP contribution in [0.2, 0.25) is 0 Å². The van der Waals surface area contributed by atoms with Crippen molar-refractivity contribution in [3.05, 3.63) is 83.9 Å². The van der Waals surface area contributed by atoms with Gasteiger partial charge in [0, 0.05) is 35.6 Å². The van der Waals surface area contributed by atoms with Gasteiger partial charge < -0.3 is 15.2 Å². The molecule has 1 aliphatic rings. The molecule has 6 heteroatoms. The predicted molar refractivity (Wildman–Crippen MR) is 153 cm³/mol. The van der Waals surface area contributed by atoms with Crippen molar-refractivity contribution in [3.8, 4) is 11.1 Å². The molecule has 0 bridgehead atoms. The molecule has 38 heavy (non-hydrogen) atoms. The van der Waals surface area contributed by atoms with E-state index in [1.165, 1.54) is 12.1 Å². The molecule has 2 amide bonds. The minimum absolute atomic E-state index is 0.186. The summed E-state index contributed by atoms with van der Waals surface area (Å²) < 4.78 is 15.9. The summed E-state index contributed by atoms with van der Waals surface area (Å²) in [4.78, 5) is 18.1. The van der Waals surface area contributed by atoms with Crippen LogP contribution in [0.1, 0.15) is 76.3 Å². The third-order valence-electron chi connectivity index (χ3n) is 7.95. The number of halogens is 1. The Morgan fingerprint density at radius 1 is 0.974 bits per heavy atom. The number of pyridine rings is 1. The van der Waals surface area contributed by atoms with E-state index in [2.05, 4.69) is 73.4 Å². The Bertz CT molecular complexity index is 1410. The van der Waals surface area contributed by atoms with Gasteiger partial charge in [0.05, 0.1) is 5.54 Å². The number of benzene rings is 2. The Labute approximate surface area is 224 Å². The van der Waals surface area contributed by atoms with Crippen LogP contribution in [0.3, 0.4) is 0 Å². The lowest BCUT2D eigenvalue weighted by molar-refractivity contribution is 0.239. The SMILES string of the molecule is CC(C)c1cccc(C(C)C)c1NC(=O)NCC1(n2cc(-c3ccc(F)cc3)c3cccnc32)CCCC1. The Morgan fingerprint density at radius 3 is 2.26 bits per heavy atom. The van der Waals surface area contributed by atoms with Crippen molar-refractivity contribution in [1.82, 2.24) is 14.9 Å². The van der Waals surface area contributed by atoms with E-state index in [0.717, 1.165) is 64.7 Å². The van der Waals surface area contributed by atoms with Crippen LogP contribution in [-0.2, 0) is 5.54 Å². The molecule has 2 aromatic carbocycles. The number of fused-ring (bicyclic) bond motifs is 1. The third kappa shape index (κ3) is 4.92. The molecular weight excluding hydrogens is 475 g/mol. The minimum atomic E-state index is -0.277. The van der Waals surface area contributed by atoms with Crippen molar-refractivity contribution in [1.29, 1.82) is 0 Å². The Hall–Kier alpha value is -3.67. The fourth-order valence-electron chi connectivity index (χ4n) is 5.91. The summed E-state index contributed by atoms with van der Waals surface area (Å²) >= 11 is 0. The smallest absolute Gasteiger partial charge is 0.319 e. The van der Waals surface area contributed by atoms with Crippen LogP contribution in [0.5, 0.6) is 0 Å². The van der Waals surface area contributed by atoms with Crippen molar-refractivity contribution < 1.29 is 9.18 Å². The number of amides is 2. The number of urea groups is 1. The molecule has 4 aromatic rings. The summed E-state index contributed by atoms with van der Waals surface area (Å²) in [6, 6.07) is 16.7. The molecule has 1 fully saturated rings. The summed E-state index contributed by atoms with van der Waals surface area (Å²) in [5, 5.41) is 7.45. The zero-order valence-corrected chi connectivity index (χ0v) is 22.7. The molecule has 198 valence electrons. The Kier molecular flexibility index (Phi) is 7.24. The second-order valence-corrected chi connectivity index (χ2v) is 11.2. The van der Waals surface area contributed by atoms with E-state index in [1.807, 2.05) is 24.4 Å². The van der Waals surface area contributed by atoms with E-state index in [9.17, 15) is 9.18 Å². The van der Waals surface area contributed by atoms with Gasteiger partial charge in [-0.2, -0.15) is 0 Å². The van der Waals surface area contributed by atoms with E-state index in [0.29, 0.717) is 18.4 Å². The summed E-state index contributed by atoms with van der Waals surface area (Å²) in [6.45, 7) is 9.11. The molecule has 2 N–H and O–H groups in total. The number of anilines is 1. The summed E-state index contributed by atoms with van der Waals surface area (Å²) in [7, 11) is 0. The van der Waals surface area contributed by atoms with E-state index in [-0.39, 0.29) is 17.4 Å². The molecule has 0 spiro atoms. The normalized spacial score (nSPS) is 14.9. The van der Waals surface area contributed by atoms with Crippen LogP contribution >= 0.6 is 0 Å². The highest BCUT2D eigenvalue weighted by atomic mass is 19.1. The van der Waals surface area contributed by atoms with Crippen molar-refractivity contribution in [2.75, 3.05) is 11.9 Å². The maximum atomic E-state index is 13.6. The third-order valence-corrected chi connectivity index (χ3v) is 7.95. The van der Waals surface area contributed by atoms with Crippen molar-refractivity contribution in [2.45, 2.75) is 70.8 Å². The lowest BCUT2D eigenvalue weighted by Crippen LogP contribution is -2.44. The molecule has 0 aliphatic heterocycles. The maximum Gasteiger partial charge on any atom is 0.319 e. The van der Waals surface area contributed by atoms with Crippen molar-refractivity contribution >= 4 is 22.8 Å². The standard InChI is InChI=1S/C32H37FN4O/c1-21(2)25-9-7-10-26(22(3)4)29(25)36-31(38)35-20-32(16-5-6-17-32)37-19-28(23-12-14-24(33)15-13-23)27-11-8-18-34-30(27)37/h7-15,18-19,21-22H,5-6,16-17,20H2,1-4H3,(H2,35,36,38). The van der Waals surface area contributed by atoms with Crippen LogP contribution in [-0.4, -0.2) is 22.1 Å². The first-order chi connectivity index (χ1) is 18.3. The Balaban J connectivity index is 1.45. The average molecular weight is 513 g/mol. The molecule has 1 aliphatic carbocycles. The van der Waals surface area contributed by atoms with E-state index in [4.69, 9.17) is 4.98 Å². The van der Waals surface area contributed by atoms with Crippen LogP contribution in [0, 0.1) is 5.82 Å². The molecule has 0 saturated heterocycles. The molecule has 0 atom stereocenters. The fraction of sp³-hybridized carbons (Fsp3) is 0.375. The lowest BCUT2D eigenvalue weighted by Gasteiger charge is -2.32. The number of nitrogens with one attached hydrogen (secondary N) is 2. The number of rotatable bonds is 7. The zero-order valence-electron chi connectivity index (χ0n) is 22.7. The summed E-state index contributed by atoms with van der Waals surface area (Å²) in [6.07, 6.45) is 8.05. The second-order valence-electron chi connectivity index (χ2n) is 11.2. The van der Waals surface area contributed by atoms with Gasteiger partial charge in [0.15, 0.2) is 0 Å². The quantitative estimate of drug-likeness (QED) is 0.262. The Morgan fingerprint density at radius 2 is 1.63 bits per heavy atom. The van der Waals surface area contributed by atoms with Crippen LogP contribution in [0.4, 0.5) is 14.9 Å². The highest BCUT2D eigenvalue weighted by Crippen LogP contribution is 2.41. The average Bonchev–Trinajstić information content (AvgIpc) is 3.54. The van der Waals surface area contributed by atoms with E-state index in [1.54, 1.807) is 0 Å². The van der Waals surface area contributed by atoms with Gasteiger partial charge in [-0.25, -0.2) is 14.2 Å². The molecule has 5 rings (SSSR count). The van der Waals surface area contributed by atoms with Crippen molar-refractivity contribution in [2.24, 2.45) is 0 Å². The maximum absolute atomic E-state index is 13.6. The van der Waals surface area contributed by atoms with Crippen molar-refractivity contribution in [3.63, 3.8) is 0 Å². The molecule has 2 heterocycles. The summed E-state index contributed by atoms with van der Waals surface area (Å²) in [5.74, 6) is 0.345. The highest BCUT2D eigenvalue weighted by molar-refractivity contribution is 5.94.